The second-order valence-corrected chi connectivity index (χ2v) is 6.00. The van der Waals surface area contributed by atoms with E-state index in [0.717, 1.165) is 5.76 Å². The Balaban J connectivity index is 1.81. The van der Waals surface area contributed by atoms with Gasteiger partial charge in [0.2, 0.25) is 0 Å². The second-order valence-electron chi connectivity index (χ2n) is 5.14. The maximum absolute atomic E-state index is 12.4. The van der Waals surface area contributed by atoms with Crippen molar-refractivity contribution in [2.24, 2.45) is 0 Å². The van der Waals surface area contributed by atoms with Gasteiger partial charge in [-0.05, 0) is 32.4 Å². The molecule has 1 amide bonds. The Morgan fingerprint density at radius 1 is 1.55 bits per heavy atom. The first-order valence-corrected chi connectivity index (χ1v) is 7.44. The van der Waals surface area contributed by atoms with E-state index in [1.54, 1.807) is 10.3 Å². The van der Waals surface area contributed by atoms with Crippen molar-refractivity contribution in [1.82, 2.24) is 9.88 Å². The molecule has 0 bridgehead atoms. The van der Waals surface area contributed by atoms with Gasteiger partial charge in [-0.15, -0.1) is 11.3 Å². The first-order valence-electron chi connectivity index (χ1n) is 6.56. The zero-order valence-corrected chi connectivity index (χ0v) is 12.2. The van der Waals surface area contributed by atoms with Crippen molar-refractivity contribution in [3.63, 3.8) is 0 Å². The highest BCUT2D eigenvalue weighted by atomic mass is 32.1. The van der Waals surface area contributed by atoms with E-state index in [-0.39, 0.29) is 11.9 Å². The van der Waals surface area contributed by atoms with Gasteiger partial charge in [0.15, 0.2) is 10.8 Å². The molecular formula is C14H16N2O3S. The van der Waals surface area contributed by atoms with Crippen LogP contribution in [0.15, 0.2) is 21.9 Å². The number of thiazole rings is 1. The number of furan rings is 1. The van der Waals surface area contributed by atoms with E-state index in [1.807, 2.05) is 26.0 Å². The molecule has 5 nitrogen and oxygen atoms in total. The third-order valence-corrected chi connectivity index (χ3v) is 4.34. The summed E-state index contributed by atoms with van der Waals surface area (Å²) < 4.78 is 5.51. The molecule has 20 heavy (non-hydrogen) atoms. The minimum absolute atomic E-state index is 0.0495. The van der Waals surface area contributed by atoms with Crippen LogP contribution in [0.2, 0.25) is 0 Å². The van der Waals surface area contributed by atoms with Crippen LogP contribution in [0.5, 0.6) is 0 Å². The molecule has 2 aromatic rings. The van der Waals surface area contributed by atoms with Gasteiger partial charge in [-0.3, -0.25) is 4.79 Å². The Morgan fingerprint density at radius 3 is 2.95 bits per heavy atom. The number of β-amino-alcohol motifs (C(OH)–C–C–N with tert-alkyl or cyclic N) is 1. The number of hydrogen-bond donors (Lipinski definition) is 1. The number of carbonyl (C=O) groups excluding carboxylic acids is 1. The molecule has 3 heterocycles. The van der Waals surface area contributed by atoms with Crippen molar-refractivity contribution in [2.45, 2.75) is 32.4 Å². The molecule has 1 aliphatic heterocycles. The molecule has 0 unspecified atom stereocenters. The molecule has 106 valence electrons. The number of carbonyl (C=O) groups is 1. The van der Waals surface area contributed by atoms with Gasteiger partial charge in [0.05, 0.1) is 6.10 Å². The molecule has 0 aliphatic carbocycles. The van der Waals surface area contributed by atoms with Gasteiger partial charge < -0.3 is 14.4 Å². The third kappa shape index (κ3) is 2.36. The first-order chi connectivity index (χ1) is 9.54. The zero-order chi connectivity index (χ0) is 14.3. The lowest BCUT2D eigenvalue weighted by atomic mass is 10.2. The number of rotatable bonds is 2. The van der Waals surface area contributed by atoms with Crippen molar-refractivity contribution >= 4 is 17.2 Å². The van der Waals surface area contributed by atoms with Gasteiger partial charge in [0.25, 0.3) is 5.91 Å². The molecule has 1 fully saturated rings. The van der Waals surface area contributed by atoms with Crippen LogP contribution in [-0.4, -0.2) is 39.6 Å². The predicted octanol–water partition coefficient (Wildman–Crippen LogP) is 2.31. The van der Waals surface area contributed by atoms with Crippen molar-refractivity contribution in [3.8, 4) is 10.8 Å². The monoisotopic (exact) mass is 292 g/mol. The van der Waals surface area contributed by atoms with E-state index < -0.39 is 6.10 Å². The molecule has 1 aliphatic rings. The summed E-state index contributed by atoms with van der Waals surface area (Å²) >= 11 is 1.39. The number of likely N-dealkylation sites (tertiary alicyclic amines) is 1. The van der Waals surface area contributed by atoms with Crippen LogP contribution in [0.4, 0.5) is 0 Å². The van der Waals surface area contributed by atoms with E-state index in [0.29, 0.717) is 29.4 Å². The summed E-state index contributed by atoms with van der Waals surface area (Å²) in [6.07, 6.45) is 0.194. The lowest BCUT2D eigenvalue weighted by Gasteiger charge is -2.19. The number of aliphatic hydroxyl groups is 1. The van der Waals surface area contributed by atoms with Crippen molar-refractivity contribution < 1.29 is 14.3 Å². The van der Waals surface area contributed by atoms with Gasteiger partial charge >= 0.3 is 0 Å². The number of aromatic nitrogens is 1. The Hall–Kier alpha value is -1.66. The largest absolute Gasteiger partial charge is 0.459 e. The summed E-state index contributed by atoms with van der Waals surface area (Å²) in [7, 11) is 0. The highest BCUT2D eigenvalue weighted by Crippen LogP contribution is 2.27. The smallest absolute Gasteiger partial charge is 0.273 e. The topological polar surface area (TPSA) is 66.6 Å². The number of nitrogens with zero attached hydrogens (tertiary/aromatic N) is 2. The van der Waals surface area contributed by atoms with Crippen molar-refractivity contribution in [3.05, 3.63) is 29.0 Å². The van der Waals surface area contributed by atoms with Crippen LogP contribution in [0.3, 0.4) is 0 Å². The standard InChI is InChI=1S/C14H16N2O3S/c1-8-5-10(17)6-16(8)14(18)11-7-20-13(15-11)12-4-3-9(2)19-12/h3-4,7-8,10,17H,5-6H2,1-2H3/t8-,10+/m1/s1. The van der Waals surface area contributed by atoms with E-state index in [1.165, 1.54) is 11.3 Å². The molecule has 0 radical (unpaired) electrons. The summed E-state index contributed by atoms with van der Waals surface area (Å²) in [5.41, 5.74) is 0.417. The number of hydrogen-bond acceptors (Lipinski definition) is 5. The summed E-state index contributed by atoms with van der Waals surface area (Å²) in [4.78, 5) is 18.4. The lowest BCUT2D eigenvalue weighted by Crippen LogP contribution is -2.34. The normalized spacial score (nSPS) is 22.4. The second kappa shape index (κ2) is 5.03. The lowest BCUT2D eigenvalue weighted by molar-refractivity contribution is 0.0721. The van der Waals surface area contributed by atoms with Crippen LogP contribution in [-0.2, 0) is 0 Å². The van der Waals surface area contributed by atoms with Crippen molar-refractivity contribution in [1.29, 1.82) is 0 Å². The molecule has 6 heteroatoms. The molecule has 0 spiro atoms. The minimum atomic E-state index is -0.431. The molecule has 0 aromatic carbocycles. The summed E-state index contributed by atoms with van der Waals surface area (Å²) in [6.45, 7) is 4.19. The van der Waals surface area contributed by atoms with Gasteiger partial charge in [0, 0.05) is 18.0 Å². The van der Waals surface area contributed by atoms with Gasteiger partial charge in [-0.25, -0.2) is 4.98 Å². The highest BCUT2D eigenvalue weighted by molar-refractivity contribution is 7.13. The van der Waals surface area contributed by atoms with E-state index in [9.17, 15) is 9.90 Å². The first kappa shape index (κ1) is 13.3. The molecule has 2 aromatic heterocycles. The Morgan fingerprint density at radius 2 is 2.35 bits per heavy atom. The Bertz CT molecular complexity index is 634. The van der Waals surface area contributed by atoms with Crippen LogP contribution in [0.25, 0.3) is 10.8 Å². The minimum Gasteiger partial charge on any atom is -0.459 e. The van der Waals surface area contributed by atoms with E-state index in [4.69, 9.17) is 4.42 Å². The maximum atomic E-state index is 12.4. The molecular weight excluding hydrogens is 276 g/mol. The Labute approximate surface area is 120 Å². The van der Waals surface area contributed by atoms with Crippen molar-refractivity contribution in [2.75, 3.05) is 6.54 Å². The SMILES string of the molecule is Cc1ccc(-c2nc(C(=O)N3C[C@@H](O)C[C@H]3C)cs2)o1. The fourth-order valence-electron chi connectivity index (χ4n) is 2.47. The Kier molecular flexibility index (Phi) is 3.35. The van der Waals surface area contributed by atoms with Gasteiger partial charge in [-0.1, -0.05) is 0 Å². The molecule has 2 atom stereocenters. The summed E-state index contributed by atoms with van der Waals surface area (Å²) in [6, 6.07) is 3.77. The average molecular weight is 292 g/mol. The third-order valence-electron chi connectivity index (χ3n) is 3.49. The molecule has 0 saturated carbocycles. The van der Waals surface area contributed by atoms with Gasteiger partial charge in [-0.2, -0.15) is 0 Å². The summed E-state index contributed by atoms with van der Waals surface area (Å²) in [5.74, 6) is 1.38. The number of aryl methyl sites for hydroxylation is 1. The predicted molar refractivity (Wildman–Crippen MR) is 75.7 cm³/mol. The fraction of sp³-hybridized carbons (Fsp3) is 0.429. The van der Waals surface area contributed by atoms with Crippen LogP contribution >= 0.6 is 11.3 Å². The molecule has 3 rings (SSSR count). The molecule has 1 saturated heterocycles. The highest BCUT2D eigenvalue weighted by Gasteiger charge is 2.32. The zero-order valence-electron chi connectivity index (χ0n) is 11.4. The number of aliphatic hydroxyl groups excluding tert-OH is 1. The van der Waals surface area contributed by atoms with Crippen LogP contribution in [0.1, 0.15) is 29.6 Å². The maximum Gasteiger partial charge on any atom is 0.273 e. The van der Waals surface area contributed by atoms with E-state index in [2.05, 4.69) is 4.98 Å². The number of amides is 1. The average Bonchev–Trinajstić information content (AvgIpc) is 3.08. The van der Waals surface area contributed by atoms with Gasteiger partial charge in [0.1, 0.15) is 11.5 Å². The van der Waals surface area contributed by atoms with Crippen LogP contribution < -0.4 is 0 Å². The summed E-state index contributed by atoms with van der Waals surface area (Å²) in [5, 5.41) is 12.1. The van der Waals surface area contributed by atoms with E-state index >= 15 is 0 Å². The molecule has 1 N–H and O–H groups in total. The quantitative estimate of drug-likeness (QED) is 0.922. The fourth-order valence-corrected chi connectivity index (χ4v) is 3.22. The van der Waals surface area contributed by atoms with Crippen LogP contribution in [0, 0.1) is 6.92 Å².